The number of carbonyl (C=O) groups is 1. The van der Waals surface area contributed by atoms with Gasteiger partial charge in [0.1, 0.15) is 17.6 Å². The number of esters is 1. The summed E-state index contributed by atoms with van der Waals surface area (Å²) in [5.41, 5.74) is 4.50. The van der Waals surface area contributed by atoms with E-state index in [0.717, 1.165) is 42.4 Å². The van der Waals surface area contributed by atoms with Gasteiger partial charge < -0.3 is 14.9 Å². The number of hydrogen-bond acceptors (Lipinski definition) is 4. The SMILES string of the molecule is CC(=O)OC1CCC(=C(c2ccc(O)cc2)c2ccc(O)cc2)CC1. The molecule has 2 N–H and O–H groups in total. The van der Waals surface area contributed by atoms with Crippen LogP contribution in [0.5, 0.6) is 11.5 Å². The second-order valence-corrected chi connectivity index (χ2v) is 6.38. The fourth-order valence-electron chi connectivity index (χ4n) is 3.37. The molecule has 2 aromatic carbocycles. The third kappa shape index (κ3) is 4.21. The summed E-state index contributed by atoms with van der Waals surface area (Å²) in [5.74, 6) is 0.240. The fourth-order valence-corrected chi connectivity index (χ4v) is 3.37. The van der Waals surface area contributed by atoms with Crippen molar-refractivity contribution < 1.29 is 19.7 Å². The second-order valence-electron chi connectivity index (χ2n) is 6.38. The maximum absolute atomic E-state index is 11.2. The molecule has 0 unspecified atom stereocenters. The van der Waals surface area contributed by atoms with E-state index in [0.29, 0.717) is 0 Å². The first kappa shape index (κ1) is 17.1. The molecule has 0 atom stereocenters. The molecule has 4 heteroatoms. The van der Waals surface area contributed by atoms with Crippen LogP contribution < -0.4 is 0 Å². The third-order valence-electron chi connectivity index (χ3n) is 4.53. The summed E-state index contributed by atoms with van der Waals surface area (Å²) in [7, 11) is 0. The third-order valence-corrected chi connectivity index (χ3v) is 4.53. The van der Waals surface area contributed by atoms with Crippen LogP contribution >= 0.6 is 0 Å². The topological polar surface area (TPSA) is 66.8 Å². The van der Waals surface area contributed by atoms with Crippen molar-refractivity contribution >= 4 is 11.5 Å². The summed E-state index contributed by atoms with van der Waals surface area (Å²) in [6.45, 7) is 1.45. The van der Waals surface area contributed by atoms with Gasteiger partial charge in [0, 0.05) is 6.92 Å². The molecule has 3 rings (SSSR count). The Hall–Kier alpha value is -2.75. The highest BCUT2D eigenvalue weighted by Crippen LogP contribution is 2.36. The first-order valence-corrected chi connectivity index (χ1v) is 8.51. The standard InChI is InChI=1S/C21H22O4/c1-14(22)25-20-12-6-17(7-13-20)21(15-2-8-18(23)9-3-15)16-4-10-19(24)11-5-16/h2-5,8-11,20,23-24H,6-7,12-13H2,1H3. The Bertz CT molecular complexity index is 715. The van der Waals surface area contributed by atoms with Gasteiger partial charge in [0.05, 0.1) is 0 Å². The van der Waals surface area contributed by atoms with Gasteiger partial charge in [-0.15, -0.1) is 0 Å². The van der Waals surface area contributed by atoms with E-state index < -0.39 is 0 Å². The first-order valence-electron chi connectivity index (χ1n) is 8.51. The number of phenols is 2. The maximum atomic E-state index is 11.2. The highest BCUT2D eigenvalue weighted by atomic mass is 16.5. The molecular formula is C21H22O4. The molecule has 0 saturated heterocycles. The van der Waals surface area contributed by atoms with E-state index in [1.54, 1.807) is 24.3 Å². The van der Waals surface area contributed by atoms with Crippen molar-refractivity contribution in [1.82, 2.24) is 0 Å². The van der Waals surface area contributed by atoms with E-state index in [2.05, 4.69) is 0 Å². The van der Waals surface area contributed by atoms with E-state index in [-0.39, 0.29) is 23.6 Å². The quantitative estimate of drug-likeness (QED) is 0.814. The Labute approximate surface area is 147 Å². The molecule has 4 nitrogen and oxygen atoms in total. The normalized spacial score (nSPS) is 17.2. The summed E-state index contributed by atoms with van der Waals surface area (Å²) in [4.78, 5) is 11.2. The summed E-state index contributed by atoms with van der Waals surface area (Å²) in [6.07, 6.45) is 3.33. The zero-order valence-corrected chi connectivity index (χ0v) is 14.2. The van der Waals surface area contributed by atoms with Crippen molar-refractivity contribution in [2.45, 2.75) is 38.7 Å². The lowest BCUT2D eigenvalue weighted by molar-refractivity contribution is -0.147. The van der Waals surface area contributed by atoms with Crippen molar-refractivity contribution in [2.24, 2.45) is 0 Å². The molecule has 0 radical (unpaired) electrons. The van der Waals surface area contributed by atoms with E-state index in [1.165, 1.54) is 12.5 Å². The van der Waals surface area contributed by atoms with Crippen molar-refractivity contribution in [3.8, 4) is 11.5 Å². The molecule has 0 aromatic heterocycles. The molecule has 0 heterocycles. The summed E-state index contributed by atoms with van der Waals surface area (Å²) in [6, 6.07) is 14.3. The van der Waals surface area contributed by atoms with Crippen LogP contribution in [-0.2, 0) is 9.53 Å². The molecule has 1 aliphatic carbocycles. The summed E-state index contributed by atoms with van der Waals surface area (Å²) >= 11 is 0. The minimum Gasteiger partial charge on any atom is -0.508 e. The minimum atomic E-state index is -0.227. The van der Waals surface area contributed by atoms with Crippen molar-refractivity contribution in [3.05, 3.63) is 65.2 Å². The highest BCUT2D eigenvalue weighted by molar-refractivity contribution is 5.82. The number of aromatic hydroxyl groups is 2. The lowest BCUT2D eigenvalue weighted by Crippen LogP contribution is -2.20. The van der Waals surface area contributed by atoms with Crippen LogP contribution in [0.15, 0.2) is 54.1 Å². The van der Waals surface area contributed by atoms with E-state index in [9.17, 15) is 15.0 Å². The van der Waals surface area contributed by atoms with Gasteiger partial charge in [-0.05, 0) is 66.6 Å². The number of allylic oxidation sites excluding steroid dienone is 1. The van der Waals surface area contributed by atoms with Gasteiger partial charge in [-0.25, -0.2) is 0 Å². The van der Waals surface area contributed by atoms with Crippen LogP contribution in [0.3, 0.4) is 0 Å². The Morgan fingerprint density at radius 2 is 1.32 bits per heavy atom. The van der Waals surface area contributed by atoms with Gasteiger partial charge in [-0.1, -0.05) is 29.8 Å². The van der Waals surface area contributed by atoms with Crippen LogP contribution in [0.1, 0.15) is 43.7 Å². The van der Waals surface area contributed by atoms with Gasteiger partial charge >= 0.3 is 5.97 Å². The smallest absolute Gasteiger partial charge is 0.302 e. The zero-order valence-electron chi connectivity index (χ0n) is 14.2. The van der Waals surface area contributed by atoms with Crippen LogP contribution in [-0.4, -0.2) is 22.3 Å². The van der Waals surface area contributed by atoms with E-state index in [1.807, 2.05) is 24.3 Å². The second kappa shape index (κ2) is 7.43. The Balaban J connectivity index is 1.95. The lowest BCUT2D eigenvalue weighted by Gasteiger charge is -2.26. The molecule has 0 spiro atoms. The van der Waals surface area contributed by atoms with Gasteiger partial charge in [-0.3, -0.25) is 4.79 Å². The number of phenolic OH excluding ortho intramolecular Hbond substituents is 2. The Morgan fingerprint density at radius 3 is 1.72 bits per heavy atom. The average molecular weight is 338 g/mol. The molecule has 25 heavy (non-hydrogen) atoms. The highest BCUT2D eigenvalue weighted by Gasteiger charge is 2.22. The Kier molecular flexibility index (Phi) is 5.08. The molecular weight excluding hydrogens is 316 g/mol. The molecule has 2 aromatic rings. The number of carbonyl (C=O) groups excluding carboxylic acids is 1. The first-order chi connectivity index (χ1) is 12.0. The molecule has 130 valence electrons. The summed E-state index contributed by atoms with van der Waals surface area (Å²) in [5, 5.41) is 19.2. The molecule has 1 saturated carbocycles. The van der Waals surface area contributed by atoms with Crippen LogP contribution in [0, 0.1) is 0 Å². The van der Waals surface area contributed by atoms with E-state index >= 15 is 0 Å². The number of rotatable bonds is 3. The monoisotopic (exact) mass is 338 g/mol. The molecule has 0 bridgehead atoms. The van der Waals surface area contributed by atoms with Crippen LogP contribution in [0.4, 0.5) is 0 Å². The van der Waals surface area contributed by atoms with Crippen molar-refractivity contribution in [2.75, 3.05) is 0 Å². The molecule has 0 amide bonds. The number of hydrogen-bond donors (Lipinski definition) is 2. The fraction of sp³-hybridized carbons (Fsp3) is 0.286. The Morgan fingerprint density at radius 1 is 0.880 bits per heavy atom. The number of ether oxygens (including phenoxy) is 1. The van der Waals surface area contributed by atoms with Crippen molar-refractivity contribution in [3.63, 3.8) is 0 Å². The largest absolute Gasteiger partial charge is 0.508 e. The molecule has 0 aliphatic heterocycles. The van der Waals surface area contributed by atoms with Gasteiger partial charge in [0.2, 0.25) is 0 Å². The van der Waals surface area contributed by atoms with Gasteiger partial charge in [-0.2, -0.15) is 0 Å². The predicted octanol–water partition coefficient (Wildman–Crippen LogP) is 4.41. The molecule has 1 aliphatic rings. The zero-order chi connectivity index (χ0) is 17.8. The minimum absolute atomic E-state index is 0.0119. The average Bonchev–Trinajstić information content (AvgIpc) is 2.59. The van der Waals surface area contributed by atoms with Crippen molar-refractivity contribution in [1.29, 1.82) is 0 Å². The molecule has 1 fully saturated rings. The van der Waals surface area contributed by atoms with Crippen LogP contribution in [0.2, 0.25) is 0 Å². The lowest BCUT2D eigenvalue weighted by atomic mass is 9.84. The summed E-state index contributed by atoms with van der Waals surface area (Å²) < 4.78 is 5.33. The maximum Gasteiger partial charge on any atom is 0.302 e. The van der Waals surface area contributed by atoms with E-state index in [4.69, 9.17) is 4.74 Å². The van der Waals surface area contributed by atoms with Gasteiger partial charge in [0.25, 0.3) is 0 Å². The number of benzene rings is 2. The van der Waals surface area contributed by atoms with Crippen LogP contribution in [0.25, 0.3) is 5.57 Å². The van der Waals surface area contributed by atoms with Gasteiger partial charge in [0.15, 0.2) is 0 Å². The predicted molar refractivity (Wildman–Crippen MR) is 96.3 cm³/mol.